The zero-order valence-corrected chi connectivity index (χ0v) is 12.9. The number of aromatic hydroxyl groups is 1. The number of benzene rings is 1. The average Bonchev–Trinajstić information content (AvgIpc) is 2.96. The van der Waals surface area contributed by atoms with Crippen molar-refractivity contribution in [1.82, 2.24) is 20.1 Å². The summed E-state index contributed by atoms with van der Waals surface area (Å²) in [5, 5.41) is 19.3. The van der Waals surface area contributed by atoms with Crippen LogP contribution in [-0.4, -0.2) is 44.2 Å². The SMILES string of the molecule is C=CC(=O)N1CC(c2cc3cc(-c4ccccc4O)nnc3[nH]2)C1. The molecule has 1 saturated heterocycles. The van der Waals surface area contributed by atoms with Crippen LogP contribution in [0.5, 0.6) is 5.75 Å². The Morgan fingerprint density at radius 2 is 2.08 bits per heavy atom. The molecule has 2 N–H and O–H groups in total. The highest BCUT2D eigenvalue weighted by Crippen LogP contribution is 2.31. The van der Waals surface area contributed by atoms with Crippen molar-refractivity contribution in [3.63, 3.8) is 0 Å². The predicted octanol–water partition coefficient (Wildman–Crippen LogP) is 2.44. The van der Waals surface area contributed by atoms with Gasteiger partial charge in [-0.3, -0.25) is 4.79 Å². The summed E-state index contributed by atoms with van der Waals surface area (Å²) in [6, 6.07) is 11.0. The summed E-state index contributed by atoms with van der Waals surface area (Å²) in [6.45, 7) is 4.86. The Morgan fingerprint density at radius 3 is 2.83 bits per heavy atom. The average molecular weight is 320 g/mol. The number of phenolic OH excluding ortho intramolecular Hbond substituents is 1. The number of hydrogen-bond acceptors (Lipinski definition) is 4. The number of nitrogens with one attached hydrogen (secondary N) is 1. The van der Waals surface area contributed by atoms with Gasteiger partial charge in [-0.15, -0.1) is 10.2 Å². The molecule has 3 aromatic rings. The van der Waals surface area contributed by atoms with Crippen LogP contribution < -0.4 is 0 Å². The number of phenols is 1. The fourth-order valence-corrected chi connectivity index (χ4v) is 2.98. The van der Waals surface area contributed by atoms with E-state index in [0.717, 1.165) is 11.1 Å². The van der Waals surface area contributed by atoms with Crippen molar-refractivity contribution < 1.29 is 9.90 Å². The molecular weight excluding hydrogens is 304 g/mol. The van der Waals surface area contributed by atoms with E-state index in [1.165, 1.54) is 6.08 Å². The molecule has 24 heavy (non-hydrogen) atoms. The first-order valence-electron chi connectivity index (χ1n) is 7.72. The van der Waals surface area contributed by atoms with E-state index in [1.54, 1.807) is 17.0 Å². The van der Waals surface area contributed by atoms with Crippen LogP contribution in [0.25, 0.3) is 22.3 Å². The maximum absolute atomic E-state index is 11.5. The maximum Gasteiger partial charge on any atom is 0.245 e. The lowest BCUT2D eigenvalue weighted by molar-refractivity contribution is -0.130. The molecule has 1 fully saturated rings. The van der Waals surface area contributed by atoms with Crippen LogP contribution in [0, 0.1) is 0 Å². The van der Waals surface area contributed by atoms with Gasteiger partial charge in [-0.1, -0.05) is 18.7 Å². The number of nitrogens with zero attached hydrogens (tertiary/aromatic N) is 3. The fraction of sp³-hybridized carbons (Fsp3) is 0.167. The normalized spacial score (nSPS) is 14.6. The first-order valence-corrected chi connectivity index (χ1v) is 7.72. The van der Waals surface area contributed by atoms with E-state index in [1.807, 2.05) is 24.3 Å². The second-order valence-corrected chi connectivity index (χ2v) is 5.92. The number of aromatic nitrogens is 3. The smallest absolute Gasteiger partial charge is 0.245 e. The van der Waals surface area contributed by atoms with Gasteiger partial charge in [-0.2, -0.15) is 0 Å². The van der Waals surface area contributed by atoms with Gasteiger partial charge in [0, 0.05) is 35.7 Å². The summed E-state index contributed by atoms with van der Waals surface area (Å²) in [6.07, 6.45) is 1.34. The predicted molar refractivity (Wildman–Crippen MR) is 90.5 cm³/mol. The Morgan fingerprint density at radius 1 is 1.29 bits per heavy atom. The third kappa shape index (κ3) is 2.32. The van der Waals surface area contributed by atoms with Gasteiger partial charge in [-0.25, -0.2) is 0 Å². The molecule has 6 nitrogen and oxygen atoms in total. The van der Waals surface area contributed by atoms with Gasteiger partial charge in [0.05, 0.1) is 5.69 Å². The minimum Gasteiger partial charge on any atom is -0.507 e. The van der Waals surface area contributed by atoms with Crippen molar-refractivity contribution in [1.29, 1.82) is 0 Å². The van der Waals surface area contributed by atoms with E-state index in [-0.39, 0.29) is 17.6 Å². The Labute approximate surface area is 138 Å². The number of likely N-dealkylation sites (tertiary alicyclic amines) is 1. The van der Waals surface area contributed by atoms with Crippen LogP contribution in [0.3, 0.4) is 0 Å². The van der Waals surface area contributed by atoms with Gasteiger partial charge in [0.1, 0.15) is 5.75 Å². The standard InChI is InChI=1S/C18H16N4O2/c1-2-17(24)22-9-12(10-22)14-7-11-8-15(20-21-18(11)19-14)13-5-3-4-6-16(13)23/h2-8,12,23H,1,9-10H2,(H,19,21). The van der Waals surface area contributed by atoms with Gasteiger partial charge in [0.2, 0.25) is 5.91 Å². The van der Waals surface area contributed by atoms with Gasteiger partial charge < -0.3 is 15.0 Å². The second-order valence-electron chi connectivity index (χ2n) is 5.92. The molecule has 0 radical (unpaired) electrons. The summed E-state index contributed by atoms with van der Waals surface area (Å²) in [5.41, 5.74) is 3.03. The van der Waals surface area contributed by atoms with Crippen molar-refractivity contribution in [2.45, 2.75) is 5.92 Å². The molecule has 1 aliphatic heterocycles. The molecule has 0 spiro atoms. The summed E-state index contributed by atoms with van der Waals surface area (Å²) >= 11 is 0. The highest BCUT2D eigenvalue weighted by molar-refractivity contribution is 5.88. The van der Waals surface area contributed by atoms with E-state index < -0.39 is 0 Å². The molecule has 1 aromatic carbocycles. The summed E-state index contributed by atoms with van der Waals surface area (Å²) in [5.74, 6) is 0.417. The number of amides is 1. The van der Waals surface area contributed by atoms with Crippen molar-refractivity contribution in [3.05, 3.63) is 54.7 Å². The highest BCUT2D eigenvalue weighted by Gasteiger charge is 2.31. The second kappa shape index (κ2) is 5.49. The molecule has 0 unspecified atom stereocenters. The molecular formula is C18H16N4O2. The van der Waals surface area contributed by atoms with E-state index in [4.69, 9.17) is 0 Å². The van der Waals surface area contributed by atoms with Crippen molar-refractivity contribution in [3.8, 4) is 17.0 Å². The highest BCUT2D eigenvalue weighted by atomic mass is 16.3. The molecule has 1 amide bonds. The fourth-order valence-electron chi connectivity index (χ4n) is 2.98. The third-order valence-corrected chi connectivity index (χ3v) is 4.38. The number of carbonyl (C=O) groups excluding carboxylic acids is 1. The molecule has 0 bridgehead atoms. The Kier molecular flexibility index (Phi) is 3.30. The number of para-hydroxylation sites is 1. The van der Waals surface area contributed by atoms with E-state index in [9.17, 15) is 9.90 Å². The van der Waals surface area contributed by atoms with Crippen molar-refractivity contribution >= 4 is 16.9 Å². The first kappa shape index (κ1) is 14.4. The molecule has 0 aliphatic carbocycles. The van der Waals surface area contributed by atoms with Crippen molar-refractivity contribution in [2.24, 2.45) is 0 Å². The third-order valence-electron chi connectivity index (χ3n) is 4.38. The molecule has 2 aromatic heterocycles. The monoisotopic (exact) mass is 320 g/mol. The van der Waals surface area contributed by atoms with Crippen LogP contribution in [0.1, 0.15) is 11.6 Å². The van der Waals surface area contributed by atoms with Crippen molar-refractivity contribution in [2.75, 3.05) is 13.1 Å². The Bertz CT molecular complexity index is 941. The van der Waals surface area contributed by atoms with Crippen LogP contribution in [0.15, 0.2) is 49.1 Å². The van der Waals surface area contributed by atoms with Crippen LogP contribution in [0.4, 0.5) is 0 Å². The molecule has 120 valence electrons. The number of H-pyrrole nitrogens is 1. The van der Waals surface area contributed by atoms with Gasteiger partial charge in [-0.05, 0) is 30.3 Å². The Balaban J connectivity index is 1.62. The van der Waals surface area contributed by atoms with E-state index >= 15 is 0 Å². The minimum atomic E-state index is -0.0380. The molecule has 0 atom stereocenters. The van der Waals surface area contributed by atoms with E-state index in [0.29, 0.717) is 30.0 Å². The number of aromatic amines is 1. The lowest BCUT2D eigenvalue weighted by Crippen LogP contribution is -2.47. The van der Waals surface area contributed by atoms with Gasteiger partial charge in [0.25, 0.3) is 0 Å². The van der Waals surface area contributed by atoms with Gasteiger partial charge >= 0.3 is 0 Å². The number of hydrogen-bond donors (Lipinski definition) is 2. The van der Waals surface area contributed by atoms with Gasteiger partial charge in [0.15, 0.2) is 5.65 Å². The lowest BCUT2D eigenvalue weighted by atomic mass is 9.96. The van der Waals surface area contributed by atoms with Crippen LogP contribution >= 0.6 is 0 Å². The maximum atomic E-state index is 11.5. The molecule has 1 aliphatic rings. The minimum absolute atomic E-state index is 0.0380. The summed E-state index contributed by atoms with van der Waals surface area (Å²) in [4.78, 5) is 16.5. The molecule has 0 saturated carbocycles. The Hall–Kier alpha value is -3.15. The number of carbonyl (C=O) groups is 1. The van der Waals surface area contributed by atoms with Crippen LogP contribution in [-0.2, 0) is 4.79 Å². The zero-order valence-electron chi connectivity index (χ0n) is 12.9. The van der Waals surface area contributed by atoms with E-state index in [2.05, 4.69) is 21.8 Å². The molecule has 6 heteroatoms. The first-order chi connectivity index (χ1) is 11.7. The summed E-state index contributed by atoms with van der Waals surface area (Å²) in [7, 11) is 0. The van der Waals surface area contributed by atoms with Crippen LogP contribution in [0.2, 0.25) is 0 Å². The quantitative estimate of drug-likeness (QED) is 0.726. The molecule has 3 heterocycles. The zero-order chi connectivity index (χ0) is 16.7. The molecule has 4 rings (SSSR count). The largest absolute Gasteiger partial charge is 0.507 e. The number of rotatable bonds is 3. The number of fused-ring (bicyclic) bond motifs is 1. The topological polar surface area (TPSA) is 82.1 Å². The lowest BCUT2D eigenvalue weighted by Gasteiger charge is -2.38. The summed E-state index contributed by atoms with van der Waals surface area (Å²) < 4.78 is 0.